The van der Waals surface area contributed by atoms with Crippen LogP contribution in [-0.2, 0) is 27.8 Å². The topological polar surface area (TPSA) is 91.3 Å². The molecular formula is C24H49O7P. The summed E-state index contributed by atoms with van der Waals surface area (Å²) >= 11 is 0. The van der Waals surface area contributed by atoms with Gasteiger partial charge in [0.15, 0.2) is 5.78 Å². The molecule has 7 nitrogen and oxygen atoms in total. The van der Waals surface area contributed by atoms with Crippen molar-refractivity contribution < 1.29 is 33.1 Å². The Bertz CT molecular complexity index is 477. The molecule has 0 heterocycles. The van der Waals surface area contributed by atoms with Crippen molar-refractivity contribution in [1.29, 1.82) is 0 Å². The summed E-state index contributed by atoms with van der Waals surface area (Å²) in [5, 5.41) is 8.41. The maximum absolute atomic E-state index is 13.5. The van der Waals surface area contributed by atoms with Crippen LogP contribution >= 0.6 is 7.82 Å². The fourth-order valence-corrected chi connectivity index (χ4v) is 4.82. The molecule has 0 saturated carbocycles. The van der Waals surface area contributed by atoms with Crippen LogP contribution in [0.4, 0.5) is 0 Å². The number of carbonyl (C=O) groups excluding carboxylic acids is 1. The Morgan fingerprint density at radius 3 is 1.50 bits per heavy atom. The quantitative estimate of drug-likeness (QED) is 0.0922. The summed E-state index contributed by atoms with van der Waals surface area (Å²) in [6.07, 6.45) is 10.1. The van der Waals surface area contributed by atoms with Gasteiger partial charge in [0.05, 0.1) is 19.8 Å². The first-order chi connectivity index (χ1) is 15.4. The minimum atomic E-state index is -3.69. The Morgan fingerprint density at radius 2 is 1.16 bits per heavy atom. The van der Waals surface area contributed by atoms with E-state index in [0.717, 1.165) is 57.8 Å². The van der Waals surface area contributed by atoms with Gasteiger partial charge in [0.2, 0.25) is 0 Å². The minimum absolute atomic E-state index is 0.0438. The van der Waals surface area contributed by atoms with Crippen molar-refractivity contribution in [3.05, 3.63) is 0 Å². The molecule has 0 aliphatic heterocycles. The number of hydrogen-bond donors (Lipinski definition) is 1. The largest absolute Gasteiger partial charge is 0.474 e. The van der Waals surface area contributed by atoms with Crippen molar-refractivity contribution in [2.45, 2.75) is 105 Å². The fraction of sp³-hybridized carbons (Fsp3) is 0.958. The van der Waals surface area contributed by atoms with Gasteiger partial charge in [-0.1, -0.05) is 79.6 Å². The Morgan fingerprint density at radius 1 is 0.750 bits per heavy atom. The Kier molecular flexibility index (Phi) is 19.9. The summed E-state index contributed by atoms with van der Waals surface area (Å²) in [7, 11) is -3.69. The second kappa shape index (κ2) is 20.1. The van der Waals surface area contributed by atoms with Crippen molar-refractivity contribution in [2.75, 3.05) is 26.4 Å². The van der Waals surface area contributed by atoms with Crippen LogP contribution < -0.4 is 0 Å². The average molecular weight is 481 g/mol. The van der Waals surface area contributed by atoms with Crippen LogP contribution in [0.15, 0.2) is 0 Å². The van der Waals surface area contributed by atoms with Crippen LogP contribution in [0.3, 0.4) is 0 Å². The van der Waals surface area contributed by atoms with Gasteiger partial charge in [0, 0.05) is 6.42 Å². The number of hydrogen-bond acceptors (Lipinski definition) is 7. The van der Waals surface area contributed by atoms with Crippen molar-refractivity contribution in [2.24, 2.45) is 17.8 Å². The molecule has 0 aromatic heterocycles. The zero-order valence-corrected chi connectivity index (χ0v) is 22.1. The second-order valence-corrected chi connectivity index (χ2v) is 10.5. The predicted octanol–water partition coefficient (Wildman–Crippen LogP) is 7.44. The van der Waals surface area contributed by atoms with Crippen molar-refractivity contribution in [1.82, 2.24) is 0 Å². The lowest BCUT2D eigenvalue weighted by atomic mass is 10.0. The van der Waals surface area contributed by atoms with E-state index in [-0.39, 0.29) is 31.3 Å². The van der Waals surface area contributed by atoms with Gasteiger partial charge in [-0.05, 0) is 37.0 Å². The first-order valence-corrected chi connectivity index (χ1v) is 14.1. The van der Waals surface area contributed by atoms with E-state index >= 15 is 0 Å². The van der Waals surface area contributed by atoms with Crippen LogP contribution in [0.25, 0.3) is 0 Å². The SMILES string of the molecule is CCCCC(CC)COP(=O)(OCC(CC)CCCC)OCC(CC)CCC(=O)COO. The van der Waals surface area contributed by atoms with Crippen molar-refractivity contribution >= 4 is 13.6 Å². The number of ketones is 1. The Labute approximate surface area is 196 Å². The van der Waals surface area contributed by atoms with E-state index in [4.69, 9.17) is 18.8 Å². The molecule has 0 spiro atoms. The minimum Gasteiger partial charge on any atom is -0.297 e. The number of phosphoric ester groups is 1. The van der Waals surface area contributed by atoms with Gasteiger partial charge in [0.25, 0.3) is 0 Å². The molecule has 0 aromatic rings. The van der Waals surface area contributed by atoms with Gasteiger partial charge < -0.3 is 0 Å². The highest BCUT2D eigenvalue weighted by Gasteiger charge is 2.30. The highest BCUT2D eigenvalue weighted by atomic mass is 31.2. The number of Topliss-reactive ketones (excluding diaryl/α,β-unsaturated/α-hetero) is 1. The molecule has 0 fully saturated rings. The van der Waals surface area contributed by atoms with Gasteiger partial charge in [-0.2, -0.15) is 0 Å². The summed E-state index contributed by atoms with van der Waals surface area (Å²) in [5.74, 6) is 0.526. The van der Waals surface area contributed by atoms with Crippen molar-refractivity contribution in [3.8, 4) is 0 Å². The van der Waals surface area contributed by atoms with E-state index in [0.29, 0.717) is 31.5 Å². The summed E-state index contributed by atoms with van der Waals surface area (Å²) in [6.45, 7) is 11.2. The zero-order valence-electron chi connectivity index (χ0n) is 21.2. The maximum Gasteiger partial charge on any atom is 0.474 e. The van der Waals surface area contributed by atoms with Crippen LogP contribution in [0.5, 0.6) is 0 Å². The number of phosphoric acid groups is 1. The van der Waals surface area contributed by atoms with E-state index in [2.05, 4.69) is 32.6 Å². The number of unbranched alkanes of at least 4 members (excludes halogenated alkanes) is 2. The molecule has 0 saturated heterocycles. The second-order valence-electron chi connectivity index (χ2n) is 8.79. The van der Waals surface area contributed by atoms with E-state index in [1.165, 1.54) is 0 Å². The first kappa shape index (κ1) is 31.7. The molecule has 0 rings (SSSR count). The highest BCUT2D eigenvalue weighted by molar-refractivity contribution is 7.48. The van der Waals surface area contributed by atoms with E-state index in [1.54, 1.807) is 0 Å². The third-order valence-electron chi connectivity index (χ3n) is 6.13. The molecule has 0 bridgehead atoms. The molecule has 3 unspecified atom stereocenters. The Hall–Kier alpha value is -0.300. The molecule has 0 aromatic carbocycles. The average Bonchev–Trinajstić information content (AvgIpc) is 2.79. The van der Waals surface area contributed by atoms with Crippen LogP contribution in [0.1, 0.15) is 105 Å². The molecule has 192 valence electrons. The summed E-state index contributed by atoms with van der Waals surface area (Å²) in [5.41, 5.74) is 0. The van der Waals surface area contributed by atoms with Gasteiger partial charge >= 0.3 is 7.82 Å². The normalized spacial score (nSPS) is 16.4. The lowest BCUT2D eigenvalue weighted by molar-refractivity contribution is -0.238. The zero-order chi connectivity index (χ0) is 24.2. The lowest BCUT2D eigenvalue weighted by Gasteiger charge is -2.25. The molecule has 0 radical (unpaired) electrons. The molecule has 8 heteroatoms. The third kappa shape index (κ3) is 15.5. The monoisotopic (exact) mass is 480 g/mol. The number of carbonyl (C=O) groups is 1. The molecule has 0 amide bonds. The van der Waals surface area contributed by atoms with Gasteiger partial charge in [-0.3, -0.25) is 23.6 Å². The number of rotatable bonds is 23. The fourth-order valence-electron chi connectivity index (χ4n) is 3.41. The first-order valence-electron chi connectivity index (χ1n) is 12.7. The standard InChI is InChI=1S/C24H49O7P/c1-6-11-13-21(8-3)17-29-32(27,30-18-22(9-4)14-12-7-2)31-19-23(10-5)15-16-24(25)20-28-26/h21-23,26H,6-20H2,1-5H3. The summed E-state index contributed by atoms with van der Waals surface area (Å²) in [4.78, 5) is 15.5. The predicted molar refractivity (Wildman–Crippen MR) is 129 cm³/mol. The molecule has 1 N–H and O–H groups in total. The van der Waals surface area contributed by atoms with E-state index in [1.807, 2.05) is 6.92 Å². The van der Waals surface area contributed by atoms with Gasteiger partial charge in [0.1, 0.15) is 6.61 Å². The molecule has 3 atom stereocenters. The Balaban J connectivity index is 5.00. The van der Waals surface area contributed by atoms with Gasteiger partial charge in [-0.15, -0.1) is 0 Å². The summed E-state index contributed by atoms with van der Waals surface area (Å²) < 4.78 is 30.9. The van der Waals surface area contributed by atoms with Crippen LogP contribution in [0, 0.1) is 17.8 Å². The summed E-state index contributed by atoms with van der Waals surface area (Å²) in [6, 6.07) is 0. The molecular weight excluding hydrogens is 431 g/mol. The lowest BCUT2D eigenvalue weighted by Crippen LogP contribution is -2.17. The van der Waals surface area contributed by atoms with Crippen LogP contribution in [0.2, 0.25) is 0 Å². The van der Waals surface area contributed by atoms with E-state index in [9.17, 15) is 9.36 Å². The third-order valence-corrected chi connectivity index (χ3v) is 7.52. The van der Waals surface area contributed by atoms with Crippen molar-refractivity contribution in [3.63, 3.8) is 0 Å². The molecule has 0 aliphatic carbocycles. The maximum atomic E-state index is 13.5. The smallest absolute Gasteiger partial charge is 0.297 e. The van der Waals surface area contributed by atoms with Gasteiger partial charge in [-0.25, -0.2) is 9.45 Å². The molecule has 0 aliphatic rings. The highest BCUT2D eigenvalue weighted by Crippen LogP contribution is 2.51. The van der Waals surface area contributed by atoms with E-state index < -0.39 is 7.82 Å². The molecule has 32 heavy (non-hydrogen) atoms. The van der Waals surface area contributed by atoms with Crippen LogP contribution in [-0.4, -0.2) is 37.5 Å².